The molecule has 13 heavy (non-hydrogen) atoms. The molecule has 1 saturated carbocycles. The van der Waals surface area contributed by atoms with Crippen LogP contribution in [0.2, 0.25) is 0 Å². The van der Waals surface area contributed by atoms with Gasteiger partial charge in [0.25, 0.3) is 0 Å². The van der Waals surface area contributed by atoms with Crippen LogP contribution >= 0.6 is 0 Å². The van der Waals surface area contributed by atoms with Gasteiger partial charge in [0, 0.05) is 6.04 Å². The second-order valence-corrected chi connectivity index (χ2v) is 4.14. The van der Waals surface area contributed by atoms with Gasteiger partial charge in [0.15, 0.2) is 0 Å². The maximum absolute atomic E-state index is 11.2. The van der Waals surface area contributed by atoms with Gasteiger partial charge in [0.2, 0.25) is 0 Å². The SMILES string of the molecule is CC1(C)CC1N1C(=O)NC(=O)C1=O. The molecule has 1 heterocycles. The maximum atomic E-state index is 11.2. The van der Waals surface area contributed by atoms with E-state index in [-0.39, 0.29) is 11.5 Å². The molecular weight excluding hydrogens is 172 g/mol. The number of amides is 4. The normalized spacial score (nSPS) is 30.8. The van der Waals surface area contributed by atoms with Crippen molar-refractivity contribution in [2.45, 2.75) is 26.3 Å². The van der Waals surface area contributed by atoms with Crippen LogP contribution in [0.15, 0.2) is 0 Å². The number of nitrogens with one attached hydrogen (secondary N) is 1. The van der Waals surface area contributed by atoms with E-state index in [1.807, 2.05) is 19.2 Å². The van der Waals surface area contributed by atoms with E-state index < -0.39 is 17.8 Å². The quantitative estimate of drug-likeness (QED) is 0.453. The summed E-state index contributed by atoms with van der Waals surface area (Å²) in [6, 6.07) is -0.683. The molecule has 2 rings (SSSR count). The van der Waals surface area contributed by atoms with Crippen LogP contribution in [0, 0.1) is 5.41 Å². The molecule has 0 radical (unpaired) electrons. The average Bonchev–Trinajstić information content (AvgIpc) is 2.51. The van der Waals surface area contributed by atoms with Gasteiger partial charge in [-0.25, -0.2) is 4.79 Å². The third kappa shape index (κ3) is 1.03. The highest BCUT2D eigenvalue weighted by Crippen LogP contribution is 2.49. The lowest BCUT2D eigenvalue weighted by atomic mass is 10.2. The summed E-state index contributed by atoms with van der Waals surface area (Å²) in [6.45, 7) is 3.92. The van der Waals surface area contributed by atoms with E-state index in [9.17, 15) is 14.4 Å². The predicted molar refractivity (Wildman–Crippen MR) is 42.6 cm³/mol. The smallest absolute Gasteiger partial charge is 0.269 e. The van der Waals surface area contributed by atoms with Crippen molar-refractivity contribution in [1.29, 1.82) is 0 Å². The number of imide groups is 2. The fourth-order valence-corrected chi connectivity index (χ4v) is 1.58. The standard InChI is InChI=1S/C8H10N2O3/c1-8(2)3-4(8)10-6(12)5(11)9-7(10)13/h4H,3H2,1-2H3,(H,9,11,13). The minimum absolute atomic E-state index is 0.0301. The van der Waals surface area contributed by atoms with Crippen molar-refractivity contribution < 1.29 is 14.4 Å². The minimum Gasteiger partial charge on any atom is -0.269 e. The minimum atomic E-state index is -0.812. The van der Waals surface area contributed by atoms with E-state index in [0.717, 1.165) is 11.3 Å². The van der Waals surface area contributed by atoms with Gasteiger partial charge in [0.05, 0.1) is 0 Å². The summed E-state index contributed by atoms with van der Waals surface area (Å²) in [5, 5.41) is 1.97. The van der Waals surface area contributed by atoms with E-state index in [2.05, 4.69) is 0 Å². The Morgan fingerprint density at radius 3 is 2.23 bits per heavy atom. The summed E-state index contributed by atoms with van der Waals surface area (Å²) in [5.41, 5.74) is -0.0301. The summed E-state index contributed by atoms with van der Waals surface area (Å²) in [7, 11) is 0. The van der Waals surface area contributed by atoms with Crippen molar-refractivity contribution in [3.05, 3.63) is 0 Å². The van der Waals surface area contributed by atoms with Crippen molar-refractivity contribution in [3.8, 4) is 0 Å². The molecule has 5 heteroatoms. The summed E-state index contributed by atoms with van der Waals surface area (Å²) < 4.78 is 0. The number of carbonyl (C=O) groups excluding carboxylic acids is 3. The van der Waals surface area contributed by atoms with Crippen LogP contribution < -0.4 is 5.32 Å². The van der Waals surface area contributed by atoms with Crippen molar-refractivity contribution in [2.75, 3.05) is 0 Å². The number of carbonyl (C=O) groups is 3. The number of nitrogens with zero attached hydrogens (tertiary/aromatic N) is 1. The van der Waals surface area contributed by atoms with E-state index >= 15 is 0 Å². The Kier molecular flexibility index (Phi) is 1.33. The molecule has 1 N–H and O–H groups in total. The topological polar surface area (TPSA) is 66.5 Å². The Morgan fingerprint density at radius 2 is 1.92 bits per heavy atom. The molecule has 1 aliphatic carbocycles. The molecule has 0 bridgehead atoms. The fourth-order valence-electron chi connectivity index (χ4n) is 1.58. The van der Waals surface area contributed by atoms with Gasteiger partial charge in [-0.15, -0.1) is 0 Å². The lowest BCUT2D eigenvalue weighted by Crippen LogP contribution is -2.35. The second-order valence-electron chi connectivity index (χ2n) is 4.14. The van der Waals surface area contributed by atoms with Gasteiger partial charge in [-0.05, 0) is 11.8 Å². The van der Waals surface area contributed by atoms with Crippen LogP contribution in [-0.4, -0.2) is 28.8 Å². The monoisotopic (exact) mass is 182 g/mol. The zero-order valence-electron chi connectivity index (χ0n) is 7.46. The van der Waals surface area contributed by atoms with Crippen LogP contribution in [0.3, 0.4) is 0 Å². The highest BCUT2D eigenvalue weighted by molar-refractivity contribution is 6.45. The molecule has 0 aromatic carbocycles. The Morgan fingerprint density at radius 1 is 1.38 bits per heavy atom. The zero-order valence-corrected chi connectivity index (χ0v) is 7.46. The average molecular weight is 182 g/mol. The molecular formula is C8H10N2O3. The summed E-state index contributed by atoms with van der Waals surface area (Å²) >= 11 is 0. The molecule has 2 aliphatic rings. The number of urea groups is 1. The van der Waals surface area contributed by atoms with E-state index in [1.165, 1.54) is 0 Å². The summed E-state index contributed by atoms with van der Waals surface area (Å²) in [5.74, 6) is -1.53. The van der Waals surface area contributed by atoms with Crippen molar-refractivity contribution in [1.82, 2.24) is 10.2 Å². The molecule has 0 aromatic rings. The Bertz CT molecular complexity index is 321. The first-order chi connectivity index (χ1) is 5.93. The lowest BCUT2D eigenvalue weighted by molar-refractivity contribution is -0.140. The van der Waals surface area contributed by atoms with Crippen LogP contribution in [-0.2, 0) is 9.59 Å². The first-order valence-electron chi connectivity index (χ1n) is 4.12. The van der Waals surface area contributed by atoms with Gasteiger partial charge in [0.1, 0.15) is 0 Å². The third-order valence-corrected chi connectivity index (χ3v) is 2.63. The molecule has 2 fully saturated rings. The van der Waals surface area contributed by atoms with Crippen LogP contribution in [0.1, 0.15) is 20.3 Å². The van der Waals surface area contributed by atoms with Crippen molar-refractivity contribution in [3.63, 3.8) is 0 Å². The van der Waals surface area contributed by atoms with Gasteiger partial charge in [-0.2, -0.15) is 0 Å². The third-order valence-electron chi connectivity index (χ3n) is 2.63. The molecule has 70 valence electrons. The number of hydrogen-bond donors (Lipinski definition) is 1. The highest BCUT2D eigenvalue weighted by Gasteiger charge is 2.56. The van der Waals surface area contributed by atoms with Gasteiger partial charge in [-0.3, -0.25) is 19.8 Å². The Hall–Kier alpha value is -1.39. The van der Waals surface area contributed by atoms with Crippen molar-refractivity contribution in [2.24, 2.45) is 5.41 Å². The molecule has 1 atom stereocenters. The summed E-state index contributed by atoms with van der Waals surface area (Å²) in [6.07, 6.45) is 0.777. The predicted octanol–water partition coefficient (Wildman–Crippen LogP) is -0.137. The van der Waals surface area contributed by atoms with E-state index in [4.69, 9.17) is 0 Å². The fraction of sp³-hybridized carbons (Fsp3) is 0.625. The Balaban J connectivity index is 2.21. The molecule has 0 aromatic heterocycles. The zero-order chi connectivity index (χ0) is 9.80. The van der Waals surface area contributed by atoms with Gasteiger partial charge in [-0.1, -0.05) is 13.8 Å². The number of rotatable bonds is 1. The van der Waals surface area contributed by atoms with Crippen LogP contribution in [0.5, 0.6) is 0 Å². The van der Waals surface area contributed by atoms with Gasteiger partial charge < -0.3 is 0 Å². The first-order valence-corrected chi connectivity index (χ1v) is 4.12. The van der Waals surface area contributed by atoms with Crippen molar-refractivity contribution >= 4 is 17.8 Å². The molecule has 5 nitrogen and oxygen atoms in total. The van der Waals surface area contributed by atoms with Gasteiger partial charge >= 0.3 is 17.8 Å². The molecule has 4 amide bonds. The molecule has 1 aliphatic heterocycles. The molecule has 1 saturated heterocycles. The maximum Gasteiger partial charge on any atom is 0.331 e. The highest BCUT2D eigenvalue weighted by atomic mass is 16.2. The Labute approximate surface area is 75.1 Å². The van der Waals surface area contributed by atoms with E-state index in [1.54, 1.807) is 0 Å². The molecule has 0 spiro atoms. The largest absolute Gasteiger partial charge is 0.331 e. The van der Waals surface area contributed by atoms with Crippen LogP contribution in [0.25, 0.3) is 0 Å². The number of hydrogen-bond acceptors (Lipinski definition) is 3. The second kappa shape index (κ2) is 2.10. The molecule has 1 unspecified atom stereocenters. The van der Waals surface area contributed by atoms with E-state index in [0.29, 0.717) is 0 Å². The van der Waals surface area contributed by atoms with Crippen LogP contribution in [0.4, 0.5) is 4.79 Å². The first kappa shape index (κ1) is 8.22. The lowest BCUT2D eigenvalue weighted by Gasteiger charge is -2.12. The summed E-state index contributed by atoms with van der Waals surface area (Å²) in [4.78, 5) is 34.2.